The van der Waals surface area contributed by atoms with Gasteiger partial charge in [0.15, 0.2) is 0 Å². The third kappa shape index (κ3) is 3.83. The summed E-state index contributed by atoms with van der Waals surface area (Å²) in [5.74, 6) is 3.04. The normalized spacial score (nSPS) is 10.6. The molecule has 0 radical (unpaired) electrons. The summed E-state index contributed by atoms with van der Waals surface area (Å²) in [6.45, 7) is 0. The molecule has 0 amide bonds. The van der Waals surface area contributed by atoms with Crippen molar-refractivity contribution in [3.8, 4) is 34.1 Å². The zero-order valence-corrected chi connectivity index (χ0v) is 15.1. The van der Waals surface area contributed by atoms with Crippen LogP contribution in [0.2, 0.25) is 0 Å². The van der Waals surface area contributed by atoms with E-state index in [1.54, 1.807) is 12.1 Å². The lowest BCUT2D eigenvalue weighted by Gasteiger charge is -2.08. The molecule has 1 heterocycles. The molecule has 130 valence electrons. The quantitative estimate of drug-likeness (QED) is 0.294. The first-order valence-corrected chi connectivity index (χ1v) is 8.76. The van der Waals surface area contributed by atoms with E-state index in [1.807, 2.05) is 36.4 Å². The molecule has 0 unspecified atom stereocenters. The minimum absolute atomic E-state index is 0.246. The van der Waals surface area contributed by atoms with Crippen molar-refractivity contribution < 1.29 is 13.9 Å². The molecular weight excluding hydrogens is 356 g/mol. The summed E-state index contributed by atoms with van der Waals surface area (Å²) in [5.41, 5.74) is 14.6. The molecule has 5 nitrogen and oxygen atoms in total. The Morgan fingerprint density at radius 1 is 0.720 bits per heavy atom. The average molecular weight is 374 g/mol. The van der Waals surface area contributed by atoms with Crippen molar-refractivity contribution in [2.45, 2.75) is 0 Å². The van der Waals surface area contributed by atoms with Crippen molar-refractivity contribution in [2.75, 3.05) is 23.3 Å². The second-order valence-electron chi connectivity index (χ2n) is 5.22. The van der Waals surface area contributed by atoms with Crippen LogP contribution in [-0.4, -0.2) is 11.9 Å². The molecular formula is C18H18N2O3S2. The van der Waals surface area contributed by atoms with Crippen molar-refractivity contribution in [1.82, 2.24) is 0 Å². The highest BCUT2D eigenvalue weighted by atomic mass is 32.1. The Morgan fingerprint density at radius 3 is 1.56 bits per heavy atom. The summed E-state index contributed by atoms with van der Waals surface area (Å²) in [5, 5.41) is 0. The van der Waals surface area contributed by atoms with Crippen molar-refractivity contribution in [3.63, 3.8) is 0 Å². The lowest BCUT2D eigenvalue weighted by Crippen LogP contribution is -1.95. The van der Waals surface area contributed by atoms with Crippen LogP contribution in [0.3, 0.4) is 0 Å². The smallest absolute Gasteiger partial charge is 0.144 e. The first kappa shape index (κ1) is 17.4. The summed E-state index contributed by atoms with van der Waals surface area (Å²) in [7, 11) is 0. The Morgan fingerprint density at radius 2 is 1.16 bits per heavy atom. The first-order chi connectivity index (χ1) is 12.1. The van der Waals surface area contributed by atoms with Crippen molar-refractivity contribution >= 4 is 36.6 Å². The Hall–Kier alpha value is -2.38. The molecule has 0 saturated carbocycles. The van der Waals surface area contributed by atoms with E-state index in [2.05, 4.69) is 25.3 Å². The summed E-state index contributed by atoms with van der Waals surface area (Å²) >= 11 is 8.12. The molecule has 0 fully saturated rings. The number of hydrogen-bond donors (Lipinski definition) is 4. The molecule has 3 aromatic rings. The largest absolute Gasteiger partial charge is 0.481 e. The number of nitrogens with two attached hydrogens (primary N) is 2. The number of rotatable bonds is 6. The molecule has 7 heteroatoms. The van der Waals surface area contributed by atoms with Crippen LogP contribution in [0.4, 0.5) is 11.4 Å². The van der Waals surface area contributed by atoms with Gasteiger partial charge in [0.25, 0.3) is 0 Å². The molecule has 0 saturated heterocycles. The van der Waals surface area contributed by atoms with Crippen LogP contribution in [0.25, 0.3) is 22.6 Å². The molecule has 3 rings (SSSR count). The molecule has 0 aliphatic heterocycles. The molecule has 0 aliphatic carbocycles. The molecule has 25 heavy (non-hydrogen) atoms. The third-order valence-electron chi connectivity index (χ3n) is 3.64. The fourth-order valence-corrected chi connectivity index (χ4v) is 2.69. The van der Waals surface area contributed by atoms with Crippen LogP contribution in [0.1, 0.15) is 0 Å². The van der Waals surface area contributed by atoms with E-state index >= 15 is 0 Å². The number of ether oxygens (including phenoxy) is 2. The minimum atomic E-state index is 0.246. The summed E-state index contributed by atoms with van der Waals surface area (Å²) in [6, 6.07) is 14.7. The van der Waals surface area contributed by atoms with Gasteiger partial charge in [-0.1, -0.05) is 0 Å². The maximum atomic E-state index is 5.97. The van der Waals surface area contributed by atoms with E-state index in [0.717, 1.165) is 11.1 Å². The molecule has 0 bridgehead atoms. The van der Waals surface area contributed by atoms with E-state index in [9.17, 15) is 0 Å². The average Bonchev–Trinajstić information content (AvgIpc) is 3.09. The van der Waals surface area contributed by atoms with Gasteiger partial charge in [0, 0.05) is 11.1 Å². The standard InChI is InChI=1S/C18H18N2O3S2/c19-13-3-1-11(7-17(13)21-9-24)15-5-6-16(23-15)12-2-4-14(20)18(8-12)22-10-25/h1-8,24-25H,9-10,19-20H2. The van der Waals surface area contributed by atoms with Crippen LogP contribution in [0, 0.1) is 0 Å². The number of hydrogen-bond acceptors (Lipinski definition) is 7. The van der Waals surface area contributed by atoms with E-state index in [1.165, 1.54) is 0 Å². The van der Waals surface area contributed by atoms with Gasteiger partial charge < -0.3 is 25.4 Å². The van der Waals surface area contributed by atoms with Crippen LogP contribution in [-0.2, 0) is 0 Å². The van der Waals surface area contributed by atoms with E-state index < -0.39 is 0 Å². The van der Waals surface area contributed by atoms with Gasteiger partial charge in [-0.25, -0.2) is 0 Å². The van der Waals surface area contributed by atoms with Crippen LogP contribution in [0.5, 0.6) is 11.5 Å². The molecule has 1 aromatic heterocycles. The lowest BCUT2D eigenvalue weighted by atomic mass is 10.1. The highest BCUT2D eigenvalue weighted by molar-refractivity contribution is 7.80. The number of thiol groups is 2. The third-order valence-corrected chi connectivity index (χ3v) is 3.90. The van der Waals surface area contributed by atoms with Crippen LogP contribution in [0.15, 0.2) is 52.9 Å². The SMILES string of the molecule is Nc1ccc(-c2ccc(-c3ccc(N)c(OCS)c3)o2)cc1OCS. The van der Waals surface area contributed by atoms with Crippen LogP contribution < -0.4 is 20.9 Å². The Labute approximate surface area is 156 Å². The van der Waals surface area contributed by atoms with E-state index in [-0.39, 0.29) is 11.9 Å². The second kappa shape index (κ2) is 7.67. The Kier molecular flexibility index (Phi) is 5.35. The Balaban J connectivity index is 1.93. The van der Waals surface area contributed by atoms with Gasteiger partial charge in [0.2, 0.25) is 0 Å². The van der Waals surface area contributed by atoms with Crippen molar-refractivity contribution in [2.24, 2.45) is 0 Å². The fraction of sp³-hybridized carbons (Fsp3) is 0.111. The van der Waals surface area contributed by atoms with Gasteiger partial charge in [-0.2, -0.15) is 0 Å². The predicted octanol–water partition coefficient (Wildman–Crippen LogP) is 4.31. The van der Waals surface area contributed by atoms with Gasteiger partial charge in [-0.15, -0.1) is 25.3 Å². The van der Waals surface area contributed by atoms with Gasteiger partial charge in [-0.3, -0.25) is 0 Å². The highest BCUT2D eigenvalue weighted by Crippen LogP contribution is 2.35. The number of anilines is 2. The number of nitrogen functional groups attached to an aromatic ring is 2. The number of benzene rings is 2. The highest BCUT2D eigenvalue weighted by Gasteiger charge is 2.11. The molecule has 0 aliphatic rings. The summed E-state index contributed by atoms with van der Waals surface area (Å²) in [6.07, 6.45) is 0. The fourth-order valence-electron chi connectivity index (χ4n) is 2.41. The predicted molar refractivity (Wildman–Crippen MR) is 107 cm³/mol. The summed E-state index contributed by atoms with van der Waals surface area (Å²) in [4.78, 5) is 0. The zero-order chi connectivity index (χ0) is 17.8. The molecule has 2 aromatic carbocycles. The monoisotopic (exact) mass is 374 g/mol. The Bertz CT molecular complexity index is 811. The minimum Gasteiger partial charge on any atom is -0.481 e. The van der Waals surface area contributed by atoms with Crippen molar-refractivity contribution in [1.29, 1.82) is 0 Å². The van der Waals surface area contributed by atoms with E-state index in [4.69, 9.17) is 25.4 Å². The first-order valence-electron chi connectivity index (χ1n) is 7.49. The second-order valence-corrected chi connectivity index (χ2v) is 5.73. The van der Waals surface area contributed by atoms with Crippen LogP contribution >= 0.6 is 25.3 Å². The van der Waals surface area contributed by atoms with Gasteiger partial charge >= 0.3 is 0 Å². The van der Waals surface area contributed by atoms with Gasteiger partial charge in [0.05, 0.1) is 11.4 Å². The van der Waals surface area contributed by atoms with Crippen molar-refractivity contribution in [3.05, 3.63) is 48.5 Å². The maximum Gasteiger partial charge on any atom is 0.144 e. The molecule has 4 N–H and O–H groups in total. The maximum absolute atomic E-state index is 5.97. The summed E-state index contributed by atoms with van der Waals surface area (Å²) < 4.78 is 16.8. The van der Waals surface area contributed by atoms with Gasteiger partial charge in [0.1, 0.15) is 34.9 Å². The molecule has 0 atom stereocenters. The number of furan rings is 1. The lowest BCUT2D eigenvalue weighted by molar-refractivity contribution is 0.397. The zero-order valence-electron chi connectivity index (χ0n) is 13.3. The van der Waals surface area contributed by atoms with Gasteiger partial charge in [-0.05, 0) is 48.5 Å². The van der Waals surface area contributed by atoms with E-state index in [0.29, 0.717) is 34.4 Å². The molecule has 0 spiro atoms. The topological polar surface area (TPSA) is 83.6 Å².